The van der Waals surface area contributed by atoms with Crippen molar-refractivity contribution < 1.29 is 0 Å². The van der Waals surface area contributed by atoms with Gasteiger partial charge in [0.1, 0.15) is 0 Å². The number of piperidine rings is 1. The van der Waals surface area contributed by atoms with Gasteiger partial charge in [0.05, 0.1) is 0 Å². The van der Waals surface area contributed by atoms with Gasteiger partial charge in [-0.05, 0) is 56.7 Å². The third kappa shape index (κ3) is 4.69. The van der Waals surface area contributed by atoms with Gasteiger partial charge in [0, 0.05) is 12.6 Å². The molecule has 0 amide bonds. The lowest BCUT2D eigenvalue weighted by Crippen LogP contribution is -2.46. The van der Waals surface area contributed by atoms with Crippen molar-refractivity contribution >= 4 is 0 Å². The molecule has 2 rings (SSSR count). The van der Waals surface area contributed by atoms with Crippen LogP contribution in [0, 0.1) is 11.3 Å². The minimum atomic E-state index is 0.668. The summed E-state index contributed by atoms with van der Waals surface area (Å²) < 4.78 is 0. The molecule has 1 N–H and O–H groups in total. The van der Waals surface area contributed by atoms with Gasteiger partial charge in [0.2, 0.25) is 0 Å². The third-order valence-electron chi connectivity index (χ3n) is 6.53. The predicted octanol–water partition coefficient (Wildman–Crippen LogP) is 4.45. The molecule has 21 heavy (non-hydrogen) atoms. The van der Waals surface area contributed by atoms with Crippen LogP contribution in [-0.2, 0) is 0 Å². The molecule has 1 aliphatic heterocycles. The first-order valence-corrected chi connectivity index (χ1v) is 9.68. The molecule has 1 heterocycles. The van der Waals surface area contributed by atoms with E-state index >= 15 is 0 Å². The van der Waals surface area contributed by atoms with E-state index in [0.717, 1.165) is 18.5 Å². The van der Waals surface area contributed by atoms with Gasteiger partial charge in [-0.25, -0.2) is 0 Å². The van der Waals surface area contributed by atoms with Crippen molar-refractivity contribution in [2.75, 3.05) is 26.2 Å². The van der Waals surface area contributed by atoms with Gasteiger partial charge in [0.25, 0.3) is 0 Å². The standard InChI is InChI=1S/C19H38N2/c1-4-19(5-2)12-14-21(15-13-19)16-17-10-8-7-9-11-18(17)20-6-3/h17-18,20H,4-16H2,1-3H3. The Kier molecular flexibility index (Phi) is 7.01. The van der Waals surface area contributed by atoms with Gasteiger partial charge < -0.3 is 10.2 Å². The molecule has 2 unspecified atom stereocenters. The number of nitrogens with one attached hydrogen (secondary N) is 1. The normalized spacial score (nSPS) is 31.0. The molecule has 1 saturated heterocycles. The molecular weight excluding hydrogens is 256 g/mol. The summed E-state index contributed by atoms with van der Waals surface area (Å²) in [7, 11) is 0. The highest BCUT2D eigenvalue weighted by Gasteiger charge is 2.33. The second-order valence-electron chi connectivity index (χ2n) is 7.57. The summed E-state index contributed by atoms with van der Waals surface area (Å²) in [6.07, 6.45) is 12.8. The van der Waals surface area contributed by atoms with Crippen LogP contribution in [-0.4, -0.2) is 37.1 Å². The molecule has 2 fully saturated rings. The topological polar surface area (TPSA) is 15.3 Å². The monoisotopic (exact) mass is 294 g/mol. The summed E-state index contributed by atoms with van der Waals surface area (Å²) in [6, 6.07) is 0.779. The summed E-state index contributed by atoms with van der Waals surface area (Å²) in [5.41, 5.74) is 0.668. The molecule has 2 atom stereocenters. The van der Waals surface area contributed by atoms with Crippen LogP contribution in [0.2, 0.25) is 0 Å². The van der Waals surface area contributed by atoms with Crippen molar-refractivity contribution in [3.05, 3.63) is 0 Å². The van der Waals surface area contributed by atoms with E-state index in [2.05, 4.69) is 31.0 Å². The fourth-order valence-corrected chi connectivity index (χ4v) is 4.63. The van der Waals surface area contributed by atoms with Crippen LogP contribution in [0.25, 0.3) is 0 Å². The van der Waals surface area contributed by atoms with Crippen LogP contribution >= 0.6 is 0 Å². The summed E-state index contributed by atoms with van der Waals surface area (Å²) in [5, 5.41) is 3.78. The van der Waals surface area contributed by atoms with Crippen LogP contribution in [0.5, 0.6) is 0 Å². The Hall–Kier alpha value is -0.0800. The second kappa shape index (κ2) is 8.53. The average molecular weight is 295 g/mol. The molecule has 0 bridgehead atoms. The van der Waals surface area contributed by atoms with Crippen molar-refractivity contribution in [3.8, 4) is 0 Å². The van der Waals surface area contributed by atoms with E-state index in [1.807, 2.05) is 0 Å². The minimum Gasteiger partial charge on any atom is -0.314 e. The molecule has 2 nitrogen and oxygen atoms in total. The summed E-state index contributed by atoms with van der Waals surface area (Å²) in [6.45, 7) is 12.2. The fourth-order valence-electron chi connectivity index (χ4n) is 4.63. The largest absolute Gasteiger partial charge is 0.314 e. The zero-order valence-electron chi connectivity index (χ0n) is 14.8. The first kappa shape index (κ1) is 17.3. The second-order valence-corrected chi connectivity index (χ2v) is 7.57. The maximum atomic E-state index is 3.78. The van der Waals surface area contributed by atoms with E-state index in [4.69, 9.17) is 0 Å². The SMILES string of the molecule is CCNC1CCCCCC1CN1CCC(CC)(CC)CC1. The molecule has 0 aromatic heterocycles. The van der Waals surface area contributed by atoms with Crippen LogP contribution in [0.4, 0.5) is 0 Å². The molecule has 1 aliphatic carbocycles. The van der Waals surface area contributed by atoms with E-state index in [1.54, 1.807) is 0 Å². The Bertz CT molecular complexity index is 275. The summed E-state index contributed by atoms with van der Waals surface area (Å²) in [4.78, 5) is 2.78. The maximum Gasteiger partial charge on any atom is 0.0107 e. The van der Waals surface area contributed by atoms with E-state index in [1.165, 1.54) is 77.4 Å². The van der Waals surface area contributed by atoms with Crippen molar-refractivity contribution in [2.45, 2.75) is 84.6 Å². The van der Waals surface area contributed by atoms with Gasteiger partial charge in [0.15, 0.2) is 0 Å². The molecule has 0 spiro atoms. The van der Waals surface area contributed by atoms with E-state index in [0.29, 0.717) is 5.41 Å². The minimum absolute atomic E-state index is 0.668. The molecule has 0 aromatic rings. The first-order valence-electron chi connectivity index (χ1n) is 9.68. The van der Waals surface area contributed by atoms with Crippen LogP contribution < -0.4 is 5.32 Å². The van der Waals surface area contributed by atoms with Crippen molar-refractivity contribution in [1.82, 2.24) is 10.2 Å². The quantitative estimate of drug-likeness (QED) is 0.728. The number of likely N-dealkylation sites (tertiary alicyclic amines) is 1. The smallest absolute Gasteiger partial charge is 0.0107 e. The molecule has 1 saturated carbocycles. The summed E-state index contributed by atoms with van der Waals surface area (Å²) >= 11 is 0. The Morgan fingerprint density at radius 1 is 0.952 bits per heavy atom. The molecule has 0 aromatic carbocycles. The Morgan fingerprint density at radius 3 is 2.24 bits per heavy atom. The predicted molar refractivity (Wildman–Crippen MR) is 92.7 cm³/mol. The number of hydrogen-bond donors (Lipinski definition) is 1. The molecule has 2 heteroatoms. The van der Waals surface area contributed by atoms with Gasteiger partial charge in [-0.3, -0.25) is 0 Å². The molecule has 0 radical (unpaired) electrons. The molecule has 124 valence electrons. The zero-order valence-corrected chi connectivity index (χ0v) is 14.8. The Labute approximate surface area is 133 Å². The van der Waals surface area contributed by atoms with Gasteiger partial charge in [-0.1, -0.05) is 52.9 Å². The van der Waals surface area contributed by atoms with Crippen molar-refractivity contribution in [1.29, 1.82) is 0 Å². The maximum absolute atomic E-state index is 3.78. The first-order chi connectivity index (χ1) is 10.2. The van der Waals surface area contributed by atoms with Gasteiger partial charge in [-0.15, -0.1) is 0 Å². The fraction of sp³-hybridized carbons (Fsp3) is 1.00. The lowest BCUT2D eigenvalue weighted by Gasteiger charge is -2.42. The highest BCUT2D eigenvalue weighted by molar-refractivity contribution is 4.87. The average Bonchev–Trinajstić information content (AvgIpc) is 2.74. The molecule has 2 aliphatic rings. The molecular formula is C19H38N2. The van der Waals surface area contributed by atoms with Crippen molar-refractivity contribution in [3.63, 3.8) is 0 Å². The number of rotatable bonds is 6. The number of nitrogens with zero attached hydrogens (tertiary/aromatic N) is 1. The van der Waals surface area contributed by atoms with Gasteiger partial charge in [-0.2, -0.15) is 0 Å². The summed E-state index contributed by atoms with van der Waals surface area (Å²) in [5.74, 6) is 0.892. The third-order valence-corrected chi connectivity index (χ3v) is 6.53. The highest BCUT2D eigenvalue weighted by Crippen LogP contribution is 2.38. The van der Waals surface area contributed by atoms with E-state index < -0.39 is 0 Å². The highest BCUT2D eigenvalue weighted by atomic mass is 15.1. The van der Waals surface area contributed by atoms with Crippen LogP contribution in [0.1, 0.15) is 78.6 Å². The van der Waals surface area contributed by atoms with E-state index in [-0.39, 0.29) is 0 Å². The van der Waals surface area contributed by atoms with E-state index in [9.17, 15) is 0 Å². The van der Waals surface area contributed by atoms with Crippen molar-refractivity contribution in [2.24, 2.45) is 11.3 Å². The number of hydrogen-bond acceptors (Lipinski definition) is 2. The lowest BCUT2D eigenvalue weighted by molar-refractivity contribution is 0.0776. The zero-order chi connectivity index (χ0) is 15.1. The van der Waals surface area contributed by atoms with Crippen LogP contribution in [0.3, 0.4) is 0 Å². The Morgan fingerprint density at radius 2 is 1.62 bits per heavy atom. The lowest BCUT2D eigenvalue weighted by atomic mass is 9.74. The van der Waals surface area contributed by atoms with Gasteiger partial charge >= 0.3 is 0 Å². The van der Waals surface area contributed by atoms with Crippen LogP contribution in [0.15, 0.2) is 0 Å². The Balaban J connectivity index is 1.85.